The van der Waals surface area contributed by atoms with Crippen LogP contribution in [0.2, 0.25) is 0 Å². The van der Waals surface area contributed by atoms with Gasteiger partial charge in [-0.1, -0.05) is 43.7 Å². The molecule has 1 aliphatic rings. The molecule has 0 spiro atoms. The van der Waals surface area contributed by atoms with Crippen LogP contribution in [0.1, 0.15) is 53.5 Å². The van der Waals surface area contributed by atoms with E-state index in [-0.39, 0.29) is 28.4 Å². The average Bonchev–Trinajstić information content (AvgIpc) is 3.19. The van der Waals surface area contributed by atoms with Gasteiger partial charge in [0.15, 0.2) is 0 Å². The molecule has 0 unspecified atom stereocenters. The number of nitrogens with one attached hydrogen (secondary N) is 1. The second kappa shape index (κ2) is 7.73. The molecule has 6 nitrogen and oxygen atoms in total. The first-order valence-electron chi connectivity index (χ1n) is 11.3. The first-order chi connectivity index (χ1) is 15.7. The van der Waals surface area contributed by atoms with E-state index in [4.69, 9.17) is 0 Å². The van der Waals surface area contributed by atoms with Crippen molar-refractivity contribution < 1.29 is 4.79 Å². The Hall–Kier alpha value is -3.67. The fourth-order valence-electron chi connectivity index (χ4n) is 4.92. The molecule has 1 aliphatic carbocycles. The number of aryl methyl sites for hydroxylation is 2. The fourth-order valence-corrected chi connectivity index (χ4v) is 4.92. The van der Waals surface area contributed by atoms with Crippen LogP contribution in [0.25, 0.3) is 16.6 Å². The largest absolute Gasteiger partial charge is 0.350 e. The summed E-state index contributed by atoms with van der Waals surface area (Å²) >= 11 is 0. The maximum Gasteiger partial charge on any atom is 0.257 e. The Labute approximate surface area is 192 Å². The van der Waals surface area contributed by atoms with E-state index in [1.165, 1.54) is 5.56 Å². The topological polar surface area (TPSA) is 68.9 Å². The number of benzene rings is 2. The highest BCUT2D eigenvalue weighted by Crippen LogP contribution is 2.41. The normalized spacial score (nSPS) is 17.0. The summed E-state index contributed by atoms with van der Waals surface area (Å²) in [6.45, 7) is 6.47. The van der Waals surface area contributed by atoms with Crippen molar-refractivity contribution in [1.29, 1.82) is 0 Å². The van der Waals surface area contributed by atoms with Crippen molar-refractivity contribution in [3.05, 3.63) is 93.5 Å². The standard InChI is InChI=1S/C27H28N4O2/c1-17-9-11-18(12-10-17)31-24-14-27(2,3)13-22(20(24)15-28-31)29-26(33)21-16-30(4)23-8-6-5-7-19(23)25(21)32/h5-12,15-16,22H,13-14H2,1-4H3,(H,29,33)/t22-/m1/s1. The Morgan fingerprint density at radius 2 is 1.85 bits per heavy atom. The molecule has 168 valence electrons. The van der Waals surface area contributed by atoms with Crippen LogP contribution < -0.4 is 10.7 Å². The zero-order chi connectivity index (χ0) is 23.3. The summed E-state index contributed by atoms with van der Waals surface area (Å²) in [6, 6.07) is 15.4. The Balaban J connectivity index is 1.52. The minimum Gasteiger partial charge on any atom is -0.350 e. The summed E-state index contributed by atoms with van der Waals surface area (Å²) in [6.07, 6.45) is 5.12. The third-order valence-electron chi connectivity index (χ3n) is 6.60. The zero-order valence-electron chi connectivity index (χ0n) is 19.4. The van der Waals surface area contributed by atoms with Crippen molar-refractivity contribution >= 4 is 16.8 Å². The molecular formula is C27H28N4O2. The van der Waals surface area contributed by atoms with Crippen LogP contribution in [0.4, 0.5) is 0 Å². The van der Waals surface area contributed by atoms with Crippen LogP contribution in [0.15, 0.2) is 65.7 Å². The molecule has 0 bridgehead atoms. The fraction of sp³-hybridized carbons (Fsp3) is 0.296. The van der Waals surface area contributed by atoms with E-state index in [0.29, 0.717) is 5.39 Å². The number of para-hydroxylation sites is 1. The number of pyridine rings is 1. The minimum atomic E-state index is -0.349. The third kappa shape index (κ3) is 3.75. The highest BCUT2D eigenvalue weighted by molar-refractivity contribution is 5.97. The van der Waals surface area contributed by atoms with Gasteiger partial charge in [-0.15, -0.1) is 0 Å². The van der Waals surface area contributed by atoms with Crippen molar-refractivity contribution in [2.75, 3.05) is 0 Å². The van der Waals surface area contributed by atoms with Crippen molar-refractivity contribution in [2.24, 2.45) is 12.5 Å². The molecule has 33 heavy (non-hydrogen) atoms. The van der Waals surface area contributed by atoms with Crippen molar-refractivity contribution in [2.45, 2.75) is 39.7 Å². The van der Waals surface area contributed by atoms with Gasteiger partial charge < -0.3 is 9.88 Å². The van der Waals surface area contributed by atoms with Crippen molar-refractivity contribution in [3.8, 4) is 5.69 Å². The second-order valence-electron chi connectivity index (χ2n) is 9.87. The van der Waals surface area contributed by atoms with Crippen LogP contribution >= 0.6 is 0 Å². The molecule has 0 saturated carbocycles. The van der Waals surface area contributed by atoms with Crippen molar-refractivity contribution in [3.63, 3.8) is 0 Å². The quantitative estimate of drug-likeness (QED) is 0.511. The molecule has 1 amide bonds. The van der Waals surface area contributed by atoms with Gasteiger partial charge in [0.2, 0.25) is 5.43 Å². The molecule has 0 radical (unpaired) electrons. The van der Waals surface area contributed by atoms with Crippen LogP contribution in [-0.2, 0) is 13.5 Å². The predicted molar refractivity (Wildman–Crippen MR) is 130 cm³/mol. The summed E-state index contributed by atoms with van der Waals surface area (Å²) in [5.74, 6) is -0.349. The predicted octanol–water partition coefficient (Wildman–Crippen LogP) is 4.48. The zero-order valence-corrected chi connectivity index (χ0v) is 19.4. The molecule has 4 aromatic rings. The van der Waals surface area contributed by atoms with Crippen LogP contribution in [0.5, 0.6) is 0 Å². The molecule has 0 aliphatic heterocycles. The molecule has 2 heterocycles. The number of nitrogens with zero attached hydrogens (tertiary/aromatic N) is 3. The Morgan fingerprint density at radius 3 is 2.61 bits per heavy atom. The lowest BCUT2D eigenvalue weighted by Gasteiger charge is -2.36. The number of hydrogen-bond donors (Lipinski definition) is 1. The van der Waals surface area contributed by atoms with Gasteiger partial charge in [0.25, 0.3) is 5.91 Å². The van der Waals surface area contributed by atoms with Crippen LogP contribution in [0, 0.1) is 12.3 Å². The summed E-state index contributed by atoms with van der Waals surface area (Å²) in [5.41, 5.74) is 5.02. The molecule has 1 N–H and O–H groups in total. The van der Waals surface area contributed by atoms with E-state index in [1.54, 1.807) is 12.3 Å². The number of amides is 1. The second-order valence-corrected chi connectivity index (χ2v) is 9.87. The lowest BCUT2D eigenvalue weighted by Crippen LogP contribution is -2.38. The van der Waals surface area contributed by atoms with Gasteiger partial charge >= 0.3 is 0 Å². The lowest BCUT2D eigenvalue weighted by atomic mass is 9.74. The Kier molecular flexibility index (Phi) is 4.96. The van der Waals surface area contributed by atoms with Gasteiger partial charge in [0, 0.05) is 24.2 Å². The highest BCUT2D eigenvalue weighted by Gasteiger charge is 2.36. The van der Waals surface area contributed by atoms with Gasteiger partial charge in [-0.3, -0.25) is 9.59 Å². The minimum absolute atomic E-state index is 0.0260. The van der Waals surface area contributed by atoms with Crippen LogP contribution in [-0.4, -0.2) is 20.3 Å². The van der Waals surface area contributed by atoms with E-state index in [0.717, 1.165) is 35.3 Å². The van der Waals surface area contributed by atoms with Crippen molar-refractivity contribution in [1.82, 2.24) is 19.7 Å². The number of carbonyl (C=O) groups is 1. The Bertz CT molecular complexity index is 1430. The van der Waals surface area contributed by atoms with Gasteiger partial charge in [0.1, 0.15) is 5.56 Å². The third-order valence-corrected chi connectivity index (χ3v) is 6.60. The number of rotatable bonds is 3. The average molecular weight is 441 g/mol. The first-order valence-corrected chi connectivity index (χ1v) is 11.3. The molecular weight excluding hydrogens is 412 g/mol. The SMILES string of the molecule is Cc1ccc(-n2ncc3c2CC(C)(C)C[C@H]3NC(=O)c2cn(C)c3ccccc3c2=O)cc1. The van der Waals surface area contributed by atoms with E-state index < -0.39 is 0 Å². The van der Waals surface area contributed by atoms with Crippen LogP contribution in [0.3, 0.4) is 0 Å². The van der Waals surface area contributed by atoms with Gasteiger partial charge in [-0.2, -0.15) is 5.10 Å². The lowest BCUT2D eigenvalue weighted by molar-refractivity contribution is 0.0917. The summed E-state index contributed by atoms with van der Waals surface area (Å²) in [7, 11) is 1.85. The van der Waals surface area contributed by atoms with Gasteiger partial charge in [-0.25, -0.2) is 4.68 Å². The molecule has 1 atom stereocenters. The number of hydrogen-bond acceptors (Lipinski definition) is 3. The first kappa shape index (κ1) is 21.2. The van der Waals surface area contributed by atoms with E-state index in [9.17, 15) is 9.59 Å². The van der Waals surface area contributed by atoms with E-state index in [1.807, 2.05) is 40.7 Å². The van der Waals surface area contributed by atoms with E-state index >= 15 is 0 Å². The molecule has 2 aromatic heterocycles. The molecule has 2 aromatic carbocycles. The summed E-state index contributed by atoms with van der Waals surface area (Å²) in [4.78, 5) is 26.4. The van der Waals surface area contributed by atoms with E-state index in [2.05, 4.69) is 55.5 Å². The van der Waals surface area contributed by atoms with Gasteiger partial charge in [0.05, 0.1) is 29.1 Å². The number of fused-ring (bicyclic) bond motifs is 2. The summed E-state index contributed by atoms with van der Waals surface area (Å²) in [5, 5.41) is 8.36. The molecule has 0 saturated heterocycles. The number of carbonyl (C=O) groups excluding carboxylic acids is 1. The Morgan fingerprint density at radius 1 is 1.12 bits per heavy atom. The maximum absolute atomic E-state index is 13.3. The summed E-state index contributed by atoms with van der Waals surface area (Å²) < 4.78 is 3.81. The molecule has 5 rings (SSSR count). The maximum atomic E-state index is 13.3. The monoisotopic (exact) mass is 440 g/mol. The highest BCUT2D eigenvalue weighted by atomic mass is 16.2. The molecule has 6 heteroatoms. The molecule has 0 fully saturated rings. The van der Waals surface area contributed by atoms with Gasteiger partial charge in [-0.05, 0) is 49.4 Å². The number of aromatic nitrogens is 3. The smallest absolute Gasteiger partial charge is 0.257 e.